The standard InChI is InChI=1S/C18H16O5/c1-4-15(19)22-16-10(2)17(23-18(20)11(16)3)14-9-12-7-5-6-8-13(12)21-14/h5-9H,4H2,1-3H3. The van der Waals surface area contributed by atoms with Crippen molar-refractivity contribution < 1.29 is 18.4 Å². The molecule has 0 unspecified atom stereocenters. The minimum atomic E-state index is -0.551. The second-order valence-electron chi connectivity index (χ2n) is 5.27. The van der Waals surface area contributed by atoms with Gasteiger partial charge in [0.1, 0.15) is 11.3 Å². The molecule has 3 rings (SSSR count). The van der Waals surface area contributed by atoms with Crippen LogP contribution in [-0.4, -0.2) is 5.97 Å². The fraction of sp³-hybridized carbons (Fsp3) is 0.222. The molecular formula is C18H16O5. The lowest BCUT2D eigenvalue weighted by molar-refractivity contribution is -0.134. The van der Waals surface area contributed by atoms with Crippen molar-refractivity contribution in [2.75, 3.05) is 0 Å². The average Bonchev–Trinajstić information content (AvgIpc) is 2.98. The summed E-state index contributed by atoms with van der Waals surface area (Å²) in [6.45, 7) is 4.99. The molecule has 2 heterocycles. The van der Waals surface area contributed by atoms with Gasteiger partial charge in [-0.05, 0) is 26.0 Å². The van der Waals surface area contributed by atoms with Crippen LogP contribution in [0.15, 0.2) is 44.0 Å². The molecule has 1 aromatic carbocycles. The van der Waals surface area contributed by atoms with Crippen LogP contribution in [0.25, 0.3) is 22.5 Å². The van der Waals surface area contributed by atoms with Gasteiger partial charge in [-0.2, -0.15) is 0 Å². The number of carbonyl (C=O) groups is 1. The Morgan fingerprint density at radius 3 is 2.57 bits per heavy atom. The number of fused-ring (bicyclic) bond motifs is 1. The first-order chi connectivity index (χ1) is 11.0. The highest BCUT2D eigenvalue weighted by molar-refractivity contribution is 5.83. The van der Waals surface area contributed by atoms with E-state index in [2.05, 4.69) is 0 Å². The molecule has 0 aliphatic heterocycles. The van der Waals surface area contributed by atoms with Crippen LogP contribution in [0.4, 0.5) is 0 Å². The molecule has 2 aromatic heterocycles. The summed E-state index contributed by atoms with van der Waals surface area (Å²) in [5, 5.41) is 0.900. The molecular weight excluding hydrogens is 296 g/mol. The molecule has 0 aliphatic carbocycles. The zero-order chi connectivity index (χ0) is 16.6. The molecule has 5 nitrogen and oxygen atoms in total. The van der Waals surface area contributed by atoms with Crippen LogP contribution in [0, 0.1) is 13.8 Å². The molecule has 0 aliphatic rings. The van der Waals surface area contributed by atoms with Gasteiger partial charge in [0.05, 0.1) is 5.56 Å². The maximum absolute atomic E-state index is 12.1. The monoisotopic (exact) mass is 312 g/mol. The van der Waals surface area contributed by atoms with Gasteiger partial charge < -0.3 is 13.6 Å². The zero-order valence-corrected chi connectivity index (χ0v) is 13.1. The first kappa shape index (κ1) is 15.1. The predicted octanol–water partition coefficient (Wildman–Crippen LogP) is 3.99. The van der Waals surface area contributed by atoms with Gasteiger partial charge in [-0.25, -0.2) is 4.79 Å². The summed E-state index contributed by atoms with van der Waals surface area (Å²) in [6.07, 6.45) is 0.221. The molecule has 0 N–H and O–H groups in total. The lowest BCUT2D eigenvalue weighted by Gasteiger charge is -2.10. The molecule has 5 heteroatoms. The van der Waals surface area contributed by atoms with Gasteiger partial charge in [0.2, 0.25) is 0 Å². The van der Waals surface area contributed by atoms with E-state index >= 15 is 0 Å². The number of hydrogen-bond donors (Lipinski definition) is 0. The van der Waals surface area contributed by atoms with E-state index in [0.717, 1.165) is 5.39 Å². The van der Waals surface area contributed by atoms with Crippen molar-refractivity contribution in [3.63, 3.8) is 0 Å². The predicted molar refractivity (Wildman–Crippen MR) is 85.6 cm³/mol. The maximum atomic E-state index is 12.1. The van der Waals surface area contributed by atoms with Crippen molar-refractivity contribution in [3.05, 3.63) is 51.9 Å². The topological polar surface area (TPSA) is 69.7 Å². The fourth-order valence-corrected chi connectivity index (χ4v) is 2.39. The Bertz CT molecular complexity index is 913. The lowest BCUT2D eigenvalue weighted by Crippen LogP contribution is -2.14. The van der Waals surface area contributed by atoms with E-state index in [1.54, 1.807) is 26.8 Å². The second kappa shape index (κ2) is 5.76. The molecule has 0 bridgehead atoms. The maximum Gasteiger partial charge on any atom is 0.343 e. The smallest absolute Gasteiger partial charge is 0.343 e. The van der Waals surface area contributed by atoms with Crippen LogP contribution in [0.3, 0.4) is 0 Å². The van der Waals surface area contributed by atoms with Crippen LogP contribution in [0.1, 0.15) is 24.5 Å². The number of para-hydroxylation sites is 1. The summed E-state index contributed by atoms with van der Waals surface area (Å²) in [5.41, 5.74) is 0.967. The molecule has 0 radical (unpaired) electrons. The molecule has 0 atom stereocenters. The molecule has 0 amide bonds. The molecule has 0 saturated heterocycles. The van der Waals surface area contributed by atoms with E-state index in [-0.39, 0.29) is 23.5 Å². The van der Waals surface area contributed by atoms with E-state index < -0.39 is 11.6 Å². The van der Waals surface area contributed by atoms with E-state index in [4.69, 9.17) is 13.6 Å². The molecule has 118 valence electrons. The quantitative estimate of drug-likeness (QED) is 0.684. The van der Waals surface area contributed by atoms with Crippen LogP contribution in [0.2, 0.25) is 0 Å². The number of ether oxygens (including phenoxy) is 1. The fourth-order valence-electron chi connectivity index (χ4n) is 2.39. The highest BCUT2D eigenvalue weighted by Crippen LogP contribution is 2.34. The minimum Gasteiger partial charge on any atom is -0.453 e. The third kappa shape index (κ3) is 2.65. The van der Waals surface area contributed by atoms with E-state index in [1.807, 2.05) is 24.3 Å². The normalized spacial score (nSPS) is 10.9. The Labute approximate surface area is 132 Å². The van der Waals surface area contributed by atoms with Crippen molar-refractivity contribution in [1.29, 1.82) is 0 Å². The Morgan fingerprint density at radius 2 is 1.87 bits per heavy atom. The van der Waals surface area contributed by atoms with E-state index in [9.17, 15) is 9.59 Å². The molecule has 0 fully saturated rings. The summed E-state index contributed by atoms with van der Waals surface area (Å²) in [5.74, 6) is 0.534. The summed E-state index contributed by atoms with van der Waals surface area (Å²) in [6, 6.07) is 9.29. The van der Waals surface area contributed by atoms with Crippen LogP contribution in [0.5, 0.6) is 5.75 Å². The minimum absolute atomic E-state index is 0.221. The number of hydrogen-bond acceptors (Lipinski definition) is 5. The first-order valence-electron chi connectivity index (χ1n) is 7.35. The summed E-state index contributed by atoms with van der Waals surface area (Å²) in [7, 11) is 0. The van der Waals surface area contributed by atoms with Gasteiger partial charge >= 0.3 is 11.6 Å². The zero-order valence-electron chi connectivity index (χ0n) is 13.1. The molecule has 23 heavy (non-hydrogen) atoms. The van der Waals surface area contributed by atoms with Crippen molar-refractivity contribution >= 4 is 16.9 Å². The Morgan fingerprint density at radius 1 is 1.13 bits per heavy atom. The van der Waals surface area contributed by atoms with E-state index in [1.165, 1.54) is 0 Å². The molecule has 3 aromatic rings. The van der Waals surface area contributed by atoms with Crippen molar-refractivity contribution in [2.45, 2.75) is 27.2 Å². The van der Waals surface area contributed by atoms with Crippen LogP contribution >= 0.6 is 0 Å². The number of benzene rings is 1. The first-order valence-corrected chi connectivity index (χ1v) is 7.35. The highest BCUT2D eigenvalue weighted by Gasteiger charge is 2.21. The van der Waals surface area contributed by atoms with Crippen molar-refractivity contribution in [3.8, 4) is 17.3 Å². The lowest BCUT2D eigenvalue weighted by atomic mass is 10.1. The summed E-state index contributed by atoms with van der Waals surface area (Å²) in [4.78, 5) is 23.7. The Hall–Kier alpha value is -2.82. The van der Waals surface area contributed by atoms with Crippen molar-refractivity contribution in [2.24, 2.45) is 0 Å². The number of furan rings is 1. The highest BCUT2D eigenvalue weighted by atomic mass is 16.5. The van der Waals surface area contributed by atoms with Crippen LogP contribution < -0.4 is 10.4 Å². The summed E-state index contributed by atoms with van der Waals surface area (Å²) >= 11 is 0. The molecule has 0 saturated carbocycles. The van der Waals surface area contributed by atoms with Gasteiger partial charge in [-0.3, -0.25) is 4.79 Å². The summed E-state index contributed by atoms with van der Waals surface area (Å²) < 4.78 is 16.4. The van der Waals surface area contributed by atoms with Crippen LogP contribution in [-0.2, 0) is 4.79 Å². The Kier molecular flexibility index (Phi) is 3.78. The SMILES string of the molecule is CCC(=O)Oc1c(C)c(-c2cc3ccccc3o2)oc(=O)c1C. The van der Waals surface area contributed by atoms with Gasteiger partial charge in [-0.15, -0.1) is 0 Å². The van der Waals surface area contributed by atoms with Crippen molar-refractivity contribution in [1.82, 2.24) is 0 Å². The largest absolute Gasteiger partial charge is 0.453 e. The van der Waals surface area contributed by atoms with E-state index in [0.29, 0.717) is 16.9 Å². The molecule has 0 spiro atoms. The van der Waals surface area contributed by atoms with Gasteiger partial charge in [0.15, 0.2) is 11.5 Å². The Balaban J connectivity index is 2.19. The van der Waals surface area contributed by atoms with Gasteiger partial charge in [0.25, 0.3) is 0 Å². The average molecular weight is 312 g/mol. The number of rotatable bonds is 3. The van der Waals surface area contributed by atoms with Gasteiger partial charge in [0, 0.05) is 17.4 Å². The third-order valence-corrected chi connectivity index (χ3v) is 3.68. The number of esters is 1. The third-order valence-electron chi connectivity index (χ3n) is 3.68. The second-order valence-corrected chi connectivity index (χ2v) is 5.27. The van der Waals surface area contributed by atoms with Gasteiger partial charge in [-0.1, -0.05) is 25.1 Å². The number of carbonyl (C=O) groups excluding carboxylic acids is 1.